The molecule has 0 fully saturated rings. The quantitative estimate of drug-likeness (QED) is 0.651. The van der Waals surface area contributed by atoms with Crippen molar-refractivity contribution in [3.05, 3.63) is 78.9 Å². The van der Waals surface area contributed by atoms with Crippen LogP contribution in [0.2, 0.25) is 0 Å². The highest BCUT2D eigenvalue weighted by molar-refractivity contribution is 5.50. The van der Waals surface area contributed by atoms with Crippen LogP contribution in [0.4, 0.5) is 0 Å². The Labute approximate surface area is 97.3 Å². The molecule has 0 N–H and O–H groups in total. The van der Waals surface area contributed by atoms with Gasteiger partial charge in [-0.2, -0.15) is 0 Å². The molecule has 0 aliphatic heterocycles. The first-order valence-corrected chi connectivity index (χ1v) is 5.52. The minimum atomic E-state index is -0.0333. The van der Waals surface area contributed by atoms with Gasteiger partial charge in [0.05, 0.1) is 0 Å². The van der Waals surface area contributed by atoms with Crippen molar-refractivity contribution in [2.45, 2.75) is 11.8 Å². The van der Waals surface area contributed by atoms with Gasteiger partial charge in [0, 0.05) is 5.41 Å². The van der Waals surface area contributed by atoms with E-state index in [2.05, 4.69) is 61.7 Å². The molecular formula is C16H16. The van der Waals surface area contributed by atoms with Gasteiger partial charge in [0.2, 0.25) is 0 Å². The van der Waals surface area contributed by atoms with Gasteiger partial charge in [-0.15, -0.1) is 6.58 Å². The summed E-state index contributed by atoms with van der Waals surface area (Å²) in [6, 6.07) is 8.50. The predicted molar refractivity (Wildman–Crippen MR) is 71.3 cm³/mol. The van der Waals surface area contributed by atoms with Crippen LogP contribution in [0.25, 0.3) is 6.08 Å². The summed E-state index contributed by atoms with van der Waals surface area (Å²) in [5.41, 5.74) is 2.40. The minimum Gasteiger partial charge on any atom is -0.102 e. The molecule has 0 aromatic heterocycles. The lowest BCUT2D eigenvalue weighted by Crippen LogP contribution is -2.20. The van der Waals surface area contributed by atoms with Gasteiger partial charge in [-0.3, -0.25) is 0 Å². The van der Waals surface area contributed by atoms with Crippen LogP contribution in [0.1, 0.15) is 17.5 Å². The van der Waals surface area contributed by atoms with E-state index >= 15 is 0 Å². The topological polar surface area (TPSA) is 0 Å². The smallest absolute Gasteiger partial charge is 0.0347 e. The lowest BCUT2D eigenvalue weighted by molar-refractivity contribution is 0.677. The Bertz CT molecular complexity index is 445. The van der Waals surface area contributed by atoms with Crippen molar-refractivity contribution in [3.8, 4) is 0 Å². The van der Waals surface area contributed by atoms with Crippen LogP contribution >= 0.6 is 0 Å². The molecule has 16 heavy (non-hydrogen) atoms. The molecule has 0 radical (unpaired) electrons. The van der Waals surface area contributed by atoms with Crippen LogP contribution in [0.5, 0.6) is 0 Å². The van der Waals surface area contributed by atoms with Crippen LogP contribution in [0.15, 0.2) is 67.8 Å². The summed E-state index contributed by atoms with van der Waals surface area (Å²) in [7, 11) is 0. The molecule has 1 aliphatic carbocycles. The normalized spacial score (nSPS) is 23.0. The summed E-state index contributed by atoms with van der Waals surface area (Å²) < 4.78 is 0. The zero-order valence-corrected chi connectivity index (χ0v) is 9.39. The lowest BCUT2D eigenvalue weighted by Gasteiger charge is -2.28. The van der Waals surface area contributed by atoms with Crippen LogP contribution in [-0.2, 0) is 5.41 Å². The van der Waals surface area contributed by atoms with Crippen LogP contribution in [0, 0.1) is 0 Å². The number of allylic oxidation sites excluding steroid dienone is 5. The third-order valence-corrected chi connectivity index (χ3v) is 3.14. The van der Waals surface area contributed by atoms with Crippen molar-refractivity contribution < 1.29 is 0 Å². The Morgan fingerprint density at radius 3 is 2.31 bits per heavy atom. The molecule has 0 saturated heterocycles. The van der Waals surface area contributed by atoms with E-state index in [-0.39, 0.29) is 5.41 Å². The molecule has 0 heteroatoms. The van der Waals surface area contributed by atoms with E-state index in [0.717, 1.165) is 12.0 Å². The number of benzene rings is 1. The minimum absolute atomic E-state index is 0.0333. The second-order valence-electron chi connectivity index (χ2n) is 4.06. The molecule has 1 aliphatic rings. The van der Waals surface area contributed by atoms with Crippen molar-refractivity contribution >= 4 is 6.08 Å². The molecule has 0 amide bonds. The second kappa shape index (κ2) is 4.36. The molecule has 1 aromatic rings. The van der Waals surface area contributed by atoms with Crippen molar-refractivity contribution in [1.82, 2.24) is 0 Å². The van der Waals surface area contributed by atoms with E-state index in [9.17, 15) is 0 Å². The molecular weight excluding hydrogens is 192 g/mol. The Kier molecular flexibility index (Phi) is 2.91. The largest absolute Gasteiger partial charge is 0.102 e. The van der Waals surface area contributed by atoms with Gasteiger partial charge >= 0.3 is 0 Å². The summed E-state index contributed by atoms with van der Waals surface area (Å²) in [5, 5.41) is 0. The van der Waals surface area contributed by atoms with E-state index in [4.69, 9.17) is 0 Å². The first-order valence-electron chi connectivity index (χ1n) is 5.52. The SMILES string of the molecule is C=Cc1ccc(C2(C=C)C=CC=CC2)cc1. The predicted octanol–water partition coefficient (Wildman–Crippen LogP) is 4.27. The first kappa shape index (κ1) is 10.7. The number of hydrogen-bond acceptors (Lipinski definition) is 0. The summed E-state index contributed by atoms with van der Waals surface area (Å²) in [6.07, 6.45) is 13.4. The van der Waals surface area contributed by atoms with Gasteiger partial charge in [0.25, 0.3) is 0 Å². The van der Waals surface area contributed by atoms with E-state index < -0.39 is 0 Å². The fourth-order valence-corrected chi connectivity index (χ4v) is 2.05. The van der Waals surface area contributed by atoms with E-state index in [1.165, 1.54) is 5.56 Å². The molecule has 80 valence electrons. The van der Waals surface area contributed by atoms with E-state index in [1.54, 1.807) is 0 Å². The standard InChI is InChI=1S/C16H16/c1-3-14-8-10-15(11-9-14)16(4-2)12-6-5-7-13-16/h3-12H,1-2,13H2. The van der Waals surface area contributed by atoms with Crippen molar-refractivity contribution in [1.29, 1.82) is 0 Å². The average molecular weight is 208 g/mol. The average Bonchev–Trinajstić information content (AvgIpc) is 2.39. The van der Waals surface area contributed by atoms with Gasteiger partial charge in [-0.1, -0.05) is 67.3 Å². The van der Waals surface area contributed by atoms with Gasteiger partial charge in [-0.05, 0) is 17.5 Å². The summed E-state index contributed by atoms with van der Waals surface area (Å²) in [5.74, 6) is 0. The maximum Gasteiger partial charge on any atom is 0.0347 e. The Morgan fingerprint density at radius 2 is 1.81 bits per heavy atom. The van der Waals surface area contributed by atoms with Crippen molar-refractivity contribution in [2.75, 3.05) is 0 Å². The number of hydrogen-bond donors (Lipinski definition) is 0. The zero-order valence-electron chi connectivity index (χ0n) is 9.39. The first-order chi connectivity index (χ1) is 7.80. The van der Waals surface area contributed by atoms with Crippen LogP contribution < -0.4 is 0 Å². The Morgan fingerprint density at radius 1 is 1.06 bits per heavy atom. The fraction of sp³-hybridized carbons (Fsp3) is 0.125. The van der Waals surface area contributed by atoms with E-state index in [0.29, 0.717) is 0 Å². The highest BCUT2D eigenvalue weighted by Gasteiger charge is 2.25. The second-order valence-corrected chi connectivity index (χ2v) is 4.06. The highest BCUT2D eigenvalue weighted by Crippen LogP contribution is 2.33. The molecule has 2 rings (SSSR count). The summed E-state index contributed by atoms with van der Waals surface area (Å²) in [4.78, 5) is 0. The monoisotopic (exact) mass is 208 g/mol. The zero-order chi connectivity index (χ0) is 11.4. The molecule has 1 atom stereocenters. The van der Waals surface area contributed by atoms with Crippen LogP contribution in [-0.4, -0.2) is 0 Å². The Balaban J connectivity index is 2.40. The molecule has 0 bridgehead atoms. The van der Waals surface area contributed by atoms with Gasteiger partial charge in [0.15, 0.2) is 0 Å². The number of rotatable bonds is 3. The van der Waals surface area contributed by atoms with Crippen molar-refractivity contribution in [3.63, 3.8) is 0 Å². The van der Waals surface area contributed by atoms with Crippen molar-refractivity contribution in [2.24, 2.45) is 0 Å². The molecule has 0 saturated carbocycles. The van der Waals surface area contributed by atoms with Gasteiger partial charge in [-0.25, -0.2) is 0 Å². The van der Waals surface area contributed by atoms with Crippen LogP contribution in [0.3, 0.4) is 0 Å². The lowest BCUT2D eigenvalue weighted by atomic mass is 9.75. The van der Waals surface area contributed by atoms with Gasteiger partial charge < -0.3 is 0 Å². The highest BCUT2D eigenvalue weighted by atomic mass is 14.3. The maximum absolute atomic E-state index is 3.97. The molecule has 0 spiro atoms. The summed E-state index contributed by atoms with van der Waals surface area (Å²) in [6.45, 7) is 7.74. The molecule has 0 heterocycles. The third kappa shape index (κ3) is 1.79. The summed E-state index contributed by atoms with van der Waals surface area (Å²) >= 11 is 0. The molecule has 0 nitrogen and oxygen atoms in total. The molecule has 1 aromatic carbocycles. The van der Waals surface area contributed by atoms with Gasteiger partial charge in [0.1, 0.15) is 0 Å². The maximum atomic E-state index is 3.97. The fourth-order valence-electron chi connectivity index (χ4n) is 2.05. The Hall–Kier alpha value is -1.82. The van der Waals surface area contributed by atoms with E-state index in [1.807, 2.05) is 12.2 Å². The molecule has 1 unspecified atom stereocenters. The third-order valence-electron chi connectivity index (χ3n) is 3.14.